The number of rotatable bonds is 18. The predicted octanol–water partition coefficient (Wildman–Crippen LogP) is 2.66. The Morgan fingerprint density at radius 3 is 2.71 bits per heavy atom. The number of aliphatic hydroxyl groups is 1. The van der Waals surface area contributed by atoms with Gasteiger partial charge in [-0.25, -0.2) is 0 Å². The number of carboxylic acid groups (broad SMARTS) is 1. The van der Waals surface area contributed by atoms with Crippen LogP contribution in [0.25, 0.3) is 11.4 Å². The Morgan fingerprint density at radius 1 is 1.18 bits per heavy atom. The minimum absolute atomic E-state index is 0.0208. The van der Waals surface area contributed by atoms with Crippen LogP contribution in [-0.4, -0.2) is 88.0 Å². The van der Waals surface area contributed by atoms with E-state index >= 15 is 0 Å². The van der Waals surface area contributed by atoms with Gasteiger partial charge in [-0.05, 0) is 23.3 Å². The number of carboxylic acids is 1. The summed E-state index contributed by atoms with van der Waals surface area (Å²) in [5.41, 5.74) is 1.41. The monoisotopic (exact) mass is 492 g/mol. The highest BCUT2D eigenvalue weighted by atomic mass is 32.2. The van der Waals surface area contributed by atoms with Gasteiger partial charge in [0.05, 0.1) is 50.8 Å². The number of aliphatic hydroxyl groups excluding tert-OH is 1. The zero-order valence-electron chi connectivity index (χ0n) is 19.2. The van der Waals surface area contributed by atoms with Gasteiger partial charge in [-0.3, -0.25) is 4.79 Å². The molecule has 0 bridgehead atoms. The summed E-state index contributed by atoms with van der Waals surface area (Å²) in [4.78, 5) is 10.9. The molecule has 0 unspecified atom stereocenters. The second kappa shape index (κ2) is 17.0. The molecule has 1 aromatic heterocycles. The first-order valence-corrected chi connectivity index (χ1v) is 12.0. The fraction of sp³-hybridized carbons (Fsp3) is 0.478. The molecular weight excluding hydrogens is 460 g/mol. The van der Waals surface area contributed by atoms with Crippen LogP contribution in [0.4, 0.5) is 0 Å². The molecule has 10 nitrogen and oxygen atoms in total. The minimum atomic E-state index is -0.868. The lowest BCUT2D eigenvalue weighted by Crippen LogP contribution is -2.14. The van der Waals surface area contributed by atoms with Crippen LogP contribution < -0.4 is 0 Å². The molecule has 0 radical (unpaired) electrons. The number of hydrogen-bond donors (Lipinski definition) is 3. The SMILES string of the molecule is COCCOCCOCCC=CC=C[C@@H](SCCC(=O)O)[C@@H](O)c1cccc(-c2nn[nH]n2)c1. The molecule has 2 rings (SSSR count). The van der Waals surface area contributed by atoms with Gasteiger partial charge < -0.3 is 24.4 Å². The van der Waals surface area contributed by atoms with Gasteiger partial charge in [-0.2, -0.15) is 17.0 Å². The van der Waals surface area contributed by atoms with Crippen molar-refractivity contribution < 1.29 is 29.2 Å². The zero-order valence-corrected chi connectivity index (χ0v) is 20.0. The zero-order chi connectivity index (χ0) is 24.4. The summed E-state index contributed by atoms with van der Waals surface area (Å²) in [6, 6.07) is 7.27. The predicted molar refractivity (Wildman–Crippen MR) is 129 cm³/mol. The topological polar surface area (TPSA) is 140 Å². The van der Waals surface area contributed by atoms with Gasteiger partial charge in [0.15, 0.2) is 0 Å². The molecule has 0 aliphatic heterocycles. The molecule has 1 aromatic carbocycles. The van der Waals surface area contributed by atoms with E-state index in [1.165, 1.54) is 11.8 Å². The average molecular weight is 493 g/mol. The number of carbonyl (C=O) groups is 1. The third kappa shape index (κ3) is 11.0. The number of nitrogens with zero attached hydrogens (tertiary/aromatic N) is 3. The smallest absolute Gasteiger partial charge is 0.304 e. The first kappa shape index (κ1) is 27.7. The number of aromatic amines is 1. The van der Waals surface area contributed by atoms with Crippen LogP contribution in [-0.2, 0) is 19.0 Å². The quantitative estimate of drug-likeness (QED) is 0.210. The lowest BCUT2D eigenvalue weighted by molar-refractivity contribution is -0.136. The van der Waals surface area contributed by atoms with Crippen LogP contribution in [0.3, 0.4) is 0 Å². The van der Waals surface area contributed by atoms with Crippen molar-refractivity contribution in [3.05, 3.63) is 54.1 Å². The summed E-state index contributed by atoms with van der Waals surface area (Å²) >= 11 is 1.39. The van der Waals surface area contributed by atoms with Crippen LogP contribution in [0.1, 0.15) is 24.5 Å². The normalized spacial score (nSPS) is 13.6. The van der Waals surface area contributed by atoms with E-state index in [9.17, 15) is 9.90 Å². The molecule has 11 heteroatoms. The first-order chi connectivity index (χ1) is 16.6. The van der Waals surface area contributed by atoms with Crippen molar-refractivity contribution in [3.8, 4) is 11.4 Å². The molecule has 186 valence electrons. The molecule has 2 atom stereocenters. The third-order valence-electron chi connectivity index (χ3n) is 4.55. The van der Waals surface area contributed by atoms with Gasteiger partial charge in [0, 0.05) is 18.4 Å². The number of thioether (sulfide) groups is 1. The Balaban J connectivity index is 1.87. The Labute approximate surface area is 203 Å². The fourth-order valence-electron chi connectivity index (χ4n) is 2.83. The number of nitrogens with one attached hydrogen (secondary N) is 1. The van der Waals surface area contributed by atoms with Crippen molar-refractivity contribution >= 4 is 17.7 Å². The van der Waals surface area contributed by atoms with Crippen LogP contribution in [0.5, 0.6) is 0 Å². The van der Waals surface area contributed by atoms with Gasteiger partial charge in [0.1, 0.15) is 0 Å². The number of benzene rings is 1. The molecule has 0 aliphatic carbocycles. The van der Waals surface area contributed by atoms with Crippen LogP contribution in [0.15, 0.2) is 48.6 Å². The van der Waals surface area contributed by atoms with E-state index in [0.29, 0.717) is 50.2 Å². The van der Waals surface area contributed by atoms with E-state index in [2.05, 4.69) is 20.6 Å². The number of H-pyrrole nitrogens is 1. The summed E-state index contributed by atoms with van der Waals surface area (Å²) in [5.74, 6) is -0.0465. The number of aliphatic carboxylic acids is 1. The molecule has 0 saturated heterocycles. The van der Waals surface area contributed by atoms with Crippen molar-refractivity contribution in [2.75, 3.05) is 45.9 Å². The number of aromatic nitrogens is 4. The van der Waals surface area contributed by atoms with Gasteiger partial charge in [-0.1, -0.05) is 42.5 Å². The molecule has 3 N–H and O–H groups in total. The summed E-state index contributed by atoms with van der Waals surface area (Å²) in [5, 5.41) is 33.5. The summed E-state index contributed by atoms with van der Waals surface area (Å²) in [6.45, 7) is 2.78. The number of methoxy groups -OCH3 is 1. The molecule has 0 amide bonds. The summed E-state index contributed by atoms with van der Waals surface area (Å²) < 4.78 is 15.7. The van der Waals surface area contributed by atoms with Crippen LogP contribution >= 0.6 is 11.8 Å². The van der Waals surface area contributed by atoms with E-state index in [1.807, 2.05) is 42.5 Å². The molecular formula is C23H32N4O6S. The molecule has 1 heterocycles. The fourth-order valence-corrected chi connectivity index (χ4v) is 3.94. The first-order valence-electron chi connectivity index (χ1n) is 10.9. The minimum Gasteiger partial charge on any atom is -0.481 e. The highest BCUT2D eigenvalue weighted by Gasteiger charge is 2.20. The molecule has 0 aliphatic rings. The van der Waals surface area contributed by atoms with Crippen molar-refractivity contribution in [2.24, 2.45) is 0 Å². The van der Waals surface area contributed by atoms with Crippen molar-refractivity contribution in [3.63, 3.8) is 0 Å². The van der Waals surface area contributed by atoms with Crippen LogP contribution in [0.2, 0.25) is 0 Å². The molecule has 0 saturated carbocycles. The average Bonchev–Trinajstić information content (AvgIpc) is 3.38. The lowest BCUT2D eigenvalue weighted by atomic mass is 10.0. The second-order valence-electron chi connectivity index (χ2n) is 7.10. The highest BCUT2D eigenvalue weighted by Crippen LogP contribution is 2.30. The molecule has 34 heavy (non-hydrogen) atoms. The number of hydrogen-bond acceptors (Lipinski definition) is 9. The number of ether oxygens (including phenoxy) is 3. The lowest BCUT2D eigenvalue weighted by Gasteiger charge is -2.20. The third-order valence-corrected chi connectivity index (χ3v) is 5.79. The van der Waals surface area contributed by atoms with E-state index in [-0.39, 0.29) is 11.7 Å². The Hall–Kier alpha value is -2.57. The van der Waals surface area contributed by atoms with Gasteiger partial charge in [-0.15, -0.1) is 10.2 Å². The molecule has 2 aromatic rings. The maximum absolute atomic E-state index is 11.0. The van der Waals surface area contributed by atoms with Crippen molar-refractivity contribution in [1.29, 1.82) is 0 Å². The Bertz CT molecular complexity index is 878. The number of allylic oxidation sites excluding steroid dienone is 2. The van der Waals surface area contributed by atoms with Gasteiger partial charge >= 0.3 is 5.97 Å². The van der Waals surface area contributed by atoms with Crippen molar-refractivity contribution in [1.82, 2.24) is 20.6 Å². The largest absolute Gasteiger partial charge is 0.481 e. The van der Waals surface area contributed by atoms with Crippen LogP contribution in [0, 0.1) is 0 Å². The molecule has 0 spiro atoms. The standard InChI is InChI=1S/C23H32N4O6S/c1-31-12-13-33-15-14-32-11-5-3-2-4-9-20(34-16-10-21(28)29)22(30)18-7-6-8-19(17-18)23-24-26-27-25-23/h2-4,6-9,17,20,22,30H,5,10-16H2,1H3,(H,28,29)(H,24,25,26,27)/t20-,22+/m1/s1. The van der Waals surface area contributed by atoms with Crippen molar-refractivity contribution in [2.45, 2.75) is 24.2 Å². The Morgan fingerprint density at radius 2 is 1.97 bits per heavy atom. The van der Waals surface area contributed by atoms with E-state index in [1.54, 1.807) is 13.2 Å². The van der Waals surface area contributed by atoms with E-state index in [4.69, 9.17) is 19.3 Å². The number of tetrazole rings is 1. The van der Waals surface area contributed by atoms with Gasteiger partial charge in [0.2, 0.25) is 5.82 Å². The highest BCUT2D eigenvalue weighted by molar-refractivity contribution is 8.00. The Kier molecular flexibility index (Phi) is 13.8. The maximum atomic E-state index is 11.0. The van der Waals surface area contributed by atoms with E-state index in [0.717, 1.165) is 12.0 Å². The van der Waals surface area contributed by atoms with Gasteiger partial charge in [0.25, 0.3) is 0 Å². The summed E-state index contributed by atoms with van der Waals surface area (Å²) in [7, 11) is 1.63. The summed E-state index contributed by atoms with van der Waals surface area (Å²) in [6.07, 6.45) is 7.53. The second-order valence-corrected chi connectivity index (χ2v) is 8.39. The maximum Gasteiger partial charge on any atom is 0.304 e. The van der Waals surface area contributed by atoms with E-state index < -0.39 is 12.1 Å². The molecule has 0 fully saturated rings.